The molecule has 10 rings (SSSR count). The van der Waals surface area contributed by atoms with Crippen molar-refractivity contribution in [1.82, 2.24) is 0 Å². The van der Waals surface area contributed by atoms with Gasteiger partial charge >= 0.3 is 0 Å². The SMILES string of the molecule is CC1(C)c2ccccc2-c2c(N(c3ccc(-c4ccc(C5CCCCC5)cc4)cc3)c3ccccc3-c3ccccc3-c3ccccc3-c3ccccc3)cccc21. The summed E-state index contributed by atoms with van der Waals surface area (Å²) in [6.07, 6.45) is 6.73. The Morgan fingerprint density at radius 1 is 0.379 bits per heavy atom. The quantitative estimate of drug-likeness (QED) is 0.150. The molecule has 0 saturated heterocycles. The van der Waals surface area contributed by atoms with E-state index in [-0.39, 0.29) is 5.41 Å². The van der Waals surface area contributed by atoms with E-state index in [1.807, 2.05) is 0 Å². The van der Waals surface area contributed by atoms with E-state index in [1.54, 1.807) is 0 Å². The molecular weight excluding hydrogens is 699 g/mol. The monoisotopic (exact) mass is 747 g/mol. The number of hydrogen-bond donors (Lipinski definition) is 0. The van der Waals surface area contributed by atoms with Crippen molar-refractivity contribution < 1.29 is 0 Å². The molecule has 1 nitrogen and oxygen atoms in total. The summed E-state index contributed by atoms with van der Waals surface area (Å²) in [5.41, 5.74) is 20.0. The van der Waals surface area contributed by atoms with Crippen molar-refractivity contribution in [3.05, 3.63) is 211 Å². The van der Waals surface area contributed by atoms with Gasteiger partial charge in [0.25, 0.3) is 0 Å². The Labute approximate surface area is 344 Å². The van der Waals surface area contributed by atoms with Crippen molar-refractivity contribution in [3.63, 3.8) is 0 Å². The summed E-state index contributed by atoms with van der Waals surface area (Å²) in [6, 6.07) is 72.1. The summed E-state index contributed by atoms with van der Waals surface area (Å²) in [7, 11) is 0. The second-order valence-electron chi connectivity index (χ2n) is 16.7. The van der Waals surface area contributed by atoms with Crippen molar-refractivity contribution in [3.8, 4) is 55.6 Å². The molecule has 58 heavy (non-hydrogen) atoms. The number of fused-ring (bicyclic) bond motifs is 3. The number of anilines is 3. The minimum atomic E-state index is -0.117. The molecule has 8 aromatic rings. The predicted octanol–water partition coefficient (Wildman–Crippen LogP) is 16.2. The van der Waals surface area contributed by atoms with Crippen LogP contribution in [0.5, 0.6) is 0 Å². The van der Waals surface area contributed by atoms with Gasteiger partial charge in [0.2, 0.25) is 0 Å². The summed E-state index contributed by atoms with van der Waals surface area (Å²) < 4.78 is 0. The minimum absolute atomic E-state index is 0.117. The highest BCUT2D eigenvalue weighted by Crippen LogP contribution is 2.55. The second-order valence-corrected chi connectivity index (χ2v) is 16.7. The van der Waals surface area contributed by atoms with Crippen molar-refractivity contribution in [2.45, 2.75) is 57.3 Å². The van der Waals surface area contributed by atoms with Crippen molar-refractivity contribution >= 4 is 17.1 Å². The number of benzene rings is 8. The van der Waals surface area contributed by atoms with E-state index < -0.39 is 0 Å². The summed E-state index contributed by atoms with van der Waals surface area (Å²) in [5.74, 6) is 0.707. The van der Waals surface area contributed by atoms with E-state index in [1.165, 1.54) is 110 Å². The predicted molar refractivity (Wildman–Crippen MR) is 246 cm³/mol. The highest BCUT2D eigenvalue weighted by Gasteiger charge is 2.38. The zero-order valence-corrected chi connectivity index (χ0v) is 33.5. The van der Waals surface area contributed by atoms with Crippen LogP contribution in [0, 0.1) is 0 Å². The molecule has 0 atom stereocenters. The van der Waals surface area contributed by atoms with Crippen LogP contribution in [0.2, 0.25) is 0 Å². The highest BCUT2D eigenvalue weighted by molar-refractivity contribution is 6.00. The smallest absolute Gasteiger partial charge is 0.0543 e. The van der Waals surface area contributed by atoms with E-state index in [4.69, 9.17) is 0 Å². The van der Waals surface area contributed by atoms with Crippen LogP contribution in [0.15, 0.2) is 194 Å². The first kappa shape index (κ1) is 35.9. The lowest BCUT2D eigenvalue weighted by Gasteiger charge is -2.31. The molecule has 1 heteroatoms. The maximum Gasteiger partial charge on any atom is 0.0543 e. The molecule has 0 unspecified atom stereocenters. The van der Waals surface area contributed by atoms with E-state index >= 15 is 0 Å². The van der Waals surface area contributed by atoms with Gasteiger partial charge in [-0.3, -0.25) is 0 Å². The maximum atomic E-state index is 2.52. The van der Waals surface area contributed by atoms with Crippen LogP contribution in [0.25, 0.3) is 55.6 Å². The van der Waals surface area contributed by atoms with Gasteiger partial charge in [0.1, 0.15) is 0 Å². The van der Waals surface area contributed by atoms with Gasteiger partial charge in [0, 0.05) is 22.2 Å². The topological polar surface area (TPSA) is 3.24 Å². The number of hydrogen-bond acceptors (Lipinski definition) is 1. The lowest BCUT2D eigenvalue weighted by Crippen LogP contribution is -2.16. The summed E-state index contributed by atoms with van der Waals surface area (Å²) in [6.45, 7) is 4.74. The fraction of sp³-hybridized carbons (Fsp3) is 0.158. The first-order valence-electron chi connectivity index (χ1n) is 21.1. The fourth-order valence-electron chi connectivity index (χ4n) is 9.95. The third-order valence-corrected chi connectivity index (χ3v) is 12.9. The van der Waals surface area contributed by atoms with E-state index in [9.17, 15) is 0 Å². The van der Waals surface area contributed by atoms with E-state index in [2.05, 4.69) is 213 Å². The Hall–Kier alpha value is -6.44. The molecule has 0 N–H and O–H groups in total. The zero-order chi connectivity index (χ0) is 39.1. The number of rotatable bonds is 8. The third-order valence-electron chi connectivity index (χ3n) is 12.9. The molecule has 2 aliphatic rings. The Morgan fingerprint density at radius 2 is 0.879 bits per heavy atom. The standard InChI is InChI=1S/C57H49N/c1-57(2)52-28-15-13-27-51(52)56-53(57)29-17-31-55(56)58(45-38-36-43(37-39-45)42-34-32-41(33-35-42)40-18-5-3-6-19-40)54-30-16-14-26-50(54)49-25-12-11-24-48(49)47-23-10-9-22-46(47)44-20-7-4-8-21-44/h4,7-17,20-40H,3,5-6,18-19H2,1-2H3. The zero-order valence-electron chi connectivity index (χ0n) is 33.5. The molecule has 0 aliphatic heterocycles. The summed E-state index contributed by atoms with van der Waals surface area (Å²) in [5, 5.41) is 0. The molecule has 0 heterocycles. The molecule has 0 bridgehead atoms. The average molecular weight is 748 g/mol. The van der Waals surface area contributed by atoms with Gasteiger partial charge in [0.05, 0.1) is 11.4 Å². The first-order chi connectivity index (χ1) is 28.6. The largest absolute Gasteiger partial charge is 0.309 e. The summed E-state index contributed by atoms with van der Waals surface area (Å²) >= 11 is 0. The van der Waals surface area contributed by atoms with Crippen LogP contribution in [-0.4, -0.2) is 0 Å². The van der Waals surface area contributed by atoms with Gasteiger partial charge in [0.15, 0.2) is 0 Å². The van der Waals surface area contributed by atoms with Crippen molar-refractivity contribution in [2.75, 3.05) is 4.90 Å². The normalized spacial score (nSPS) is 14.4. The van der Waals surface area contributed by atoms with Crippen LogP contribution in [0.1, 0.15) is 68.6 Å². The van der Waals surface area contributed by atoms with E-state index in [0.717, 1.165) is 11.4 Å². The molecule has 1 saturated carbocycles. The molecule has 0 amide bonds. The molecule has 1 fully saturated rings. The summed E-state index contributed by atoms with van der Waals surface area (Å²) in [4.78, 5) is 2.52. The Kier molecular flexibility index (Phi) is 9.38. The van der Waals surface area contributed by atoms with Crippen LogP contribution < -0.4 is 4.90 Å². The molecule has 0 radical (unpaired) electrons. The van der Waals surface area contributed by atoms with Gasteiger partial charge in [-0.05, 0) is 104 Å². The molecule has 2 aliphatic carbocycles. The van der Waals surface area contributed by atoms with Gasteiger partial charge < -0.3 is 4.90 Å². The van der Waals surface area contributed by atoms with Gasteiger partial charge in [-0.25, -0.2) is 0 Å². The molecular formula is C57H49N. The van der Waals surface area contributed by atoms with Gasteiger partial charge in [-0.2, -0.15) is 0 Å². The third kappa shape index (κ3) is 6.36. The van der Waals surface area contributed by atoms with Crippen LogP contribution in [0.4, 0.5) is 17.1 Å². The number of para-hydroxylation sites is 1. The van der Waals surface area contributed by atoms with Crippen molar-refractivity contribution in [2.24, 2.45) is 0 Å². The molecule has 0 spiro atoms. The van der Waals surface area contributed by atoms with E-state index in [0.29, 0.717) is 5.92 Å². The van der Waals surface area contributed by atoms with Crippen LogP contribution in [0.3, 0.4) is 0 Å². The average Bonchev–Trinajstić information content (AvgIpc) is 3.54. The van der Waals surface area contributed by atoms with Crippen molar-refractivity contribution in [1.29, 1.82) is 0 Å². The van der Waals surface area contributed by atoms with Gasteiger partial charge in [-0.1, -0.05) is 203 Å². The highest BCUT2D eigenvalue weighted by atomic mass is 15.1. The molecule has 282 valence electrons. The Balaban J connectivity index is 1.14. The first-order valence-corrected chi connectivity index (χ1v) is 21.1. The Morgan fingerprint density at radius 3 is 1.57 bits per heavy atom. The van der Waals surface area contributed by atoms with Crippen LogP contribution >= 0.6 is 0 Å². The van der Waals surface area contributed by atoms with Crippen LogP contribution in [-0.2, 0) is 5.41 Å². The van der Waals surface area contributed by atoms with Gasteiger partial charge in [-0.15, -0.1) is 0 Å². The Bertz CT molecular complexity index is 2710. The lowest BCUT2D eigenvalue weighted by atomic mass is 9.82. The second kappa shape index (κ2) is 15.1. The fourth-order valence-corrected chi connectivity index (χ4v) is 9.95. The molecule has 8 aromatic carbocycles. The lowest BCUT2D eigenvalue weighted by molar-refractivity contribution is 0.443. The maximum absolute atomic E-state index is 2.52. The molecule has 0 aromatic heterocycles. The minimum Gasteiger partial charge on any atom is -0.309 e. The number of nitrogens with zero attached hydrogens (tertiary/aromatic N) is 1.